The number of nitrogens with zero attached hydrogens (tertiary/aromatic N) is 2. The van der Waals surface area contributed by atoms with Gasteiger partial charge in [-0.2, -0.15) is 0 Å². The molecule has 0 bridgehead atoms. The van der Waals surface area contributed by atoms with Crippen LogP contribution in [0.4, 0.5) is 5.69 Å². The van der Waals surface area contributed by atoms with Crippen LogP contribution in [0.5, 0.6) is 0 Å². The van der Waals surface area contributed by atoms with Crippen LogP contribution in [0.2, 0.25) is 0 Å². The first-order chi connectivity index (χ1) is 13.2. The Morgan fingerprint density at radius 3 is 2.48 bits per heavy atom. The molecule has 3 aliphatic rings. The van der Waals surface area contributed by atoms with E-state index in [-0.39, 0.29) is 18.1 Å². The molecule has 1 saturated carbocycles. The van der Waals surface area contributed by atoms with Gasteiger partial charge >= 0.3 is 0 Å². The lowest BCUT2D eigenvalue weighted by Gasteiger charge is -2.47. The van der Waals surface area contributed by atoms with Crippen molar-refractivity contribution in [1.29, 1.82) is 0 Å². The van der Waals surface area contributed by atoms with Crippen molar-refractivity contribution in [2.24, 2.45) is 5.92 Å². The minimum absolute atomic E-state index is 0.0163. The molecular weight excluding hydrogens is 340 g/mol. The summed E-state index contributed by atoms with van der Waals surface area (Å²) >= 11 is 0. The number of rotatable bonds is 3. The van der Waals surface area contributed by atoms with E-state index in [0.717, 1.165) is 31.6 Å². The van der Waals surface area contributed by atoms with Gasteiger partial charge in [-0.1, -0.05) is 37.5 Å². The highest BCUT2D eigenvalue weighted by Crippen LogP contribution is 2.34. The maximum atomic E-state index is 12.7. The fourth-order valence-corrected chi connectivity index (χ4v) is 4.79. The standard InChI is InChI=1S/C22H30N2O3/c25-20(15-18-7-3-1-4-8-18)23-13-11-22(12-14-23)17-24(21(26)16-27-22)19-9-5-2-6-10-19/h2,5-6,9-10,18H,1,3-4,7-8,11-17H2. The van der Waals surface area contributed by atoms with Crippen LogP contribution in [0.3, 0.4) is 0 Å². The van der Waals surface area contributed by atoms with Crippen molar-refractivity contribution in [2.45, 2.75) is 57.0 Å². The number of hydrogen-bond acceptors (Lipinski definition) is 3. The summed E-state index contributed by atoms with van der Waals surface area (Å²) in [5, 5.41) is 0. The molecule has 0 aromatic heterocycles. The quantitative estimate of drug-likeness (QED) is 0.820. The van der Waals surface area contributed by atoms with Crippen LogP contribution in [0, 0.1) is 5.92 Å². The van der Waals surface area contributed by atoms with Crippen LogP contribution in [0.15, 0.2) is 30.3 Å². The van der Waals surface area contributed by atoms with Crippen LogP contribution >= 0.6 is 0 Å². The summed E-state index contributed by atoms with van der Waals surface area (Å²) in [7, 11) is 0. The Hall–Kier alpha value is -1.88. The van der Waals surface area contributed by atoms with Crippen molar-refractivity contribution in [2.75, 3.05) is 31.1 Å². The molecule has 0 atom stereocenters. The summed E-state index contributed by atoms with van der Waals surface area (Å²) in [6.07, 6.45) is 8.62. The van der Waals surface area contributed by atoms with E-state index >= 15 is 0 Å². The fourth-order valence-electron chi connectivity index (χ4n) is 4.79. The van der Waals surface area contributed by atoms with Crippen LogP contribution in [-0.4, -0.2) is 48.6 Å². The Kier molecular flexibility index (Phi) is 5.48. The lowest BCUT2D eigenvalue weighted by Crippen LogP contribution is -2.59. The first-order valence-corrected chi connectivity index (χ1v) is 10.4. The molecule has 0 unspecified atom stereocenters. The van der Waals surface area contributed by atoms with Crippen LogP contribution in [0.25, 0.3) is 0 Å². The third kappa shape index (κ3) is 4.18. The normalized spacial score (nSPS) is 23.6. The third-order valence-electron chi connectivity index (χ3n) is 6.53. The van der Waals surface area contributed by atoms with Crippen LogP contribution in [0.1, 0.15) is 51.4 Å². The first-order valence-electron chi connectivity index (χ1n) is 10.4. The average molecular weight is 370 g/mol. The van der Waals surface area contributed by atoms with E-state index in [1.807, 2.05) is 40.1 Å². The van der Waals surface area contributed by atoms with Gasteiger partial charge in [0, 0.05) is 25.2 Å². The predicted octanol–water partition coefficient (Wildman–Crippen LogP) is 3.38. The Bertz CT molecular complexity index is 661. The maximum absolute atomic E-state index is 12.7. The highest BCUT2D eigenvalue weighted by Gasteiger charge is 2.43. The summed E-state index contributed by atoms with van der Waals surface area (Å²) in [5.41, 5.74) is 0.617. The Labute approximate surface area is 161 Å². The summed E-state index contributed by atoms with van der Waals surface area (Å²) in [6.45, 7) is 2.19. The predicted molar refractivity (Wildman–Crippen MR) is 104 cm³/mol. The number of amides is 2. The molecular formula is C22H30N2O3. The summed E-state index contributed by atoms with van der Waals surface area (Å²) in [6, 6.07) is 9.81. The van der Waals surface area contributed by atoms with Gasteiger partial charge in [0.05, 0.1) is 12.1 Å². The van der Waals surface area contributed by atoms with E-state index in [0.29, 0.717) is 24.8 Å². The van der Waals surface area contributed by atoms with E-state index in [1.54, 1.807) is 0 Å². The summed E-state index contributed by atoms with van der Waals surface area (Å²) in [5.74, 6) is 0.908. The topological polar surface area (TPSA) is 49.9 Å². The molecule has 1 aromatic rings. The van der Waals surface area contributed by atoms with Gasteiger partial charge < -0.3 is 14.5 Å². The van der Waals surface area contributed by atoms with Crippen molar-refractivity contribution in [3.05, 3.63) is 30.3 Å². The van der Waals surface area contributed by atoms with E-state index < -0.39 is 0 Å². The molecule has 27 heavy (non-hydrogen) atoms. The molecule has 2 heterocycles. The molecule has 2 aliphatic heterocycles. The Morgan fingerprint density at radius 2 is 1.78 bits per heavy atom. The minimum Gasteiger partial charge on any atom is -0.363 e. The molecule has 5 nitrogen and oxygen atoms in total. The number of hydrogen-bond donors (Lipinski definition) is 0. The Morgan fingerprint density at radius 1 is 1.07 bits per heavy atom. The number of ether oxygens (including phenoxy) is 1. The zero-order chi connectivity index (χ0) is 18.7. The highest BCUT2D eigenvalue weighted by atomic mass is 16.5. The number of para-hydroxylation sites is 1. The lowest BCUT2D eigenvalue weighted by atomic mass is 9.85. The minimum atomic E-state index is -0.314. The molecule has 146 valence electrons. The molecule has 1 aromatic carbocycles. The van der Waals surface area contributed by atoms with Crippen molar-refractivity contribution >= 4 is 17.5 Å². The van der Waals surface area contributed by atoms with Crippen LogP contribution in [-0.2, 0) is 14.3 Å². The molecule has 4 rings (SSSR count). The monoisotopic (exact) mass is 370 g/mol. The number of benzene rings is 1. The van der Waals surface area contributed by atoms with Crippen molar-refractivity contribution in [3.63, 3.8) is 0 Å². The summed E-state index contributed by atoms with van der Waals surface area (Å²) in [4.78, 5) is 28.9. The first kappa shape index (κ1) is 18.5. The van der Waals surface area contributed by atoms with Crippen molar-refractivity contribution in [3.8, 4) is 0 Å². The molecule has 2 amide bonds. The zero-order valence-corrected chi connectivity index (χ0v) is 16.1. The van der Waals surface area contributed by atoms with Gasteiger partial charge in [0.1, 0.15) is 6.61 Å². The molecule has 1 spiro atoms. The molecule has 5 heteroatoms. The van der Waals surface area contributed by atoms with Crippen molar-refractivity contribution in [1.82, 2.24) is 4.90 Å². The molecule has 0 N–H and O–H groups in total. The largest absolute Gasteiger partial charge is 0.363 e. The lowest BCUT2D eigenvalue weighted by molar-refractivity contribution is -0.151. The number of carbonyl (C=O) groups excluding carboxylic acids is 2. The average Bonchev–Trinajstić information content (AvgIpc) is 2.72. The fraction of sp³-hybridized carbons (Fsp3) is 0.636. The second-order valence-electron chi connectivity index (χ2n) is 8.38. The van der Waals surface area contributed by atoms with Gasteiger partial charge in [-0.25, -0.2) is 0 Å². The Balaban J connectivity index is 1.35. The van der Waals surface area contributed by atoms with Gasteiger partial charge in [-0.05, 0) is 43.7 Å². The zero-order valence-electron chi connectivity index (χ0n) is 16.1. The second kappa shape index (κ2) is 8.01. The smallest absolute Gasteiger partial charge is 0.253 e. The molecule has 2 saturated heterocycles. The van der Waals surface area contributed by atoms with E-state index in [1.165, 1.54) is 32.1 Å². The number of morpholine rings is 1. The van der Waals surface area contributed by atoms with E-state index in [4.69, 9.17) is 4.74 Å². The maximum Gasteiger partial charge on any atom is 0.253 e. The molecule has 1 aliphatic carbocycles. The van der Waals surface area contributed by atoms with Gasteiger partial charge in [0.15, 0.2) is 0 Å². The van der Waals surface area contributed by atoms with Gasteiger partial charge in [0.2, 0.25) is 5.91 Å². The summed E-state index contributed by atoms with van der Waals surface area (Å²) < 4.78 is 6.02. The molecule has 0 radical (unpaired) electrons. The number of carbonyl (C=O) groups is 2. The van der Waals surface area contributed by atoms with E-state index in [9.17, 15) is 9.59 Å². The second-order valence-corrected chi connectivity index (χ2v) is 8.38. The highest BCUT2D eigenvalue weighted by molar-refractivity contribution is 5.95. The van der Waals surface area contributed by atoms with E-state index in [2.05, 4.69) is 0 Å². The van der Waals surface area contributed by atoms with Crippen molar-refractivity contribution < 1.29 is 14.3 Å². The number of anilines is 1. The van der Waals surface area contributed by atoms with Crippen LogP contribution < -0.4 is 4.90 Å². The number of likely N-dealkylation sites (tertiary alicyclic amines) is 1. The molecule has 3 fully saturated rings. The van der Waals surface area contributed by atoms with Gasteiger partial charge in [-0.15, -0.1) is 0 Å². The third-order valence-corrected chi connectivity index (χ3v) is 6.53. The number of piperidine rings is 1. The van der Waals surface area contributed by atoms with Gasteiger partial charge in [0.25, 0.3) is 5.91 Å². The SMILES string of the molecule is O=C(CC1CCCCC1)N1CCC2(CC1)CN(c1ccccc1)C(=O)CO2. The van der Waals surface area contributed by atoms with Gasteiger partial charge in [-0.3, -0.25) is 9.59 Å².